The van der Waals surface area contributed by atoms with Crippen molar-refractivity contribution < 1.29 is 9.18 Å². The first-order valence-corrected chi connectivity index (χ1v) is 7.03. The molecule has 2 rings (SSSR count). The SMILES string of the molecule is NC1CCN(C(=O)/C=C/c2cc(Br)ccc2F)CC1. The minimum atomic E-state index is -0.340. The lowest BCUT2D eigenvalue weighted by atomic mass is 10.1. The van der Waals surface area contributed by atoms with Crippen molar-refractivity contribution >= 4 is 27.9 Å². The van der Waals surface area contributed by atoms with Gasteiger partial charge >= 0.3 is 0 Å². The number of nitrogens with two attached hydrogens (primary N) is 1. The van der Waals surface area contributed by atoms with Crippen LogP contribution < -0.4 is 5.73 Å². The van der Waals surface area contributed by atoms with Crippen LogP contribution in [0.2, 0.25) is 0 Å². The molecule has 1 saturated heterocycles. The molecule has 0 spiro atoms. The van der Waals surface area contributed by atoms with Gasteiger partial charge in [-0.25, -0.2) is 4.39 Å². The van der Waals surface area contributed by atoms with Crippen molar-refractivity contribution in [2.75, 3.05) is 13.1 Å². The molecule has 5 heteroatoms. The van der Waals surface area contributed by atoms with Crippen LogP contribution in [0.15, 0.2) is 28.7 Å². The Hall–Kier alpha value is -1.20. The number of amides is 1. The lowest BCUT2D eigenvalue weighted by Gasteiger charge is -2.29. The van der Waals surface area contributed by atoms with Crippen molar-refractivity contribution in [3.63, 3.8) is 0 Å². The van der Waals surface area contributed by atoms with Crippen molar-refractivity contribution in [3.8, 4) is 0 Å². The molecule has 1 heterocycles. The van der Waals surface area contributed by atoms with Crippen LogP contribution in [0.25, 0.3) is 6.08 Å². The summed E-state index contributed by atoms with van der Waals surface area (Å²) in [6.07, 6.45) is 4.58. The Balaban J connectivity index is 2.02. The van der Waals surface area contributed by atoms with Crippen molar-refractivity contribution in [2.45, 2.75) is 18.9 Å². The average molecular weight is 327 g/mol. The van der Waals surface area contributed by atoms with Gasteiger partial charge in [-0.15, -0.1) is 0 Å². The van der Waals surface area contributed by atoms with Gasteiger partial charge in [0.05, 0.1) is 0 Å². The van der Waals surface area contributed by atoms with E-state index in [0.717, 1.165) is 17.3 Å². The molecule has 3 nitrogen and oxygen atoms in total. The molecule has 0 aromatic heterocycles. The number of carbonyl (C=O) groups excluding carboxylic acids is 1. The summed E-state index contributed by atoms with van der Waals surface area (Å²) in [6.45, 7) is 1.34. The van der Waals surface area contributed by atoms with Gasteiger partial charge in [-0.3, -0.25) is 4.79 Å². The standard InChI is InChI=1S/C14H16BrFN2O/c15-11-2-3-13(16)10(9-11)1-4-14(19)18-7-5-12(17)6-8-18/h1-4,9,12H,5-8,17H2/b4-1+. The summed E-state index contributed by atoms with van der Waals surface area (Å²) in [5.41, 5.74) is 6.19. The first-order valence-electron chi connectivity index (χ1n) is 6.24. The summed E-state index contributed by atoms with van der Waals surface area (Å²) in [5.74, 6) is -0.431. The highest BCUT2D eigenvalue weighted by molar-refractivity contribution is 9.10. The highest BCUT2D eigenvalue weighted by atomic mass is 79.9. The normalized spacial score (nSPS) is 17.1. The molecule has 1 amide bonds. The van der Waals surface area contributed by atoms with Gasteiger partial charge in [0.15, 0.2) is 0 Å². The summed E-state index contributed by atoms with van der Waals surface area (Å²) in [6, 6.07) is 4.83. The van der Waals surface area contributed by atoms with Crippen molar-refractivity contribution in [3.05, 3.63) is 40.1 Å². The van der Waals surface area contributed by atoms with E-state index in [1.165, 1.54) is 18.2 Å². The first kappa shape index (κ1) is 14.2. The number of nitrogens with zero attached hydrogens (tertiary/aromatic N) is 1. The van der Waals surface area contributed by atoms with Gasteiger partial charge in [0.2, 0.25) is 5.91 Å². The van der Waals surface area contributed by atoms with Crippen molar-refractivity contribution in [1.29, 1.82) is 0 Å². The number of benzene rings is 1. The molecular weight excluding hydrogens is 311 g/mol. The highest BCUT2D eigenvalue weighted by Gasteiger charge is 2.18. The fourth-order valence-corrected chi connectivity index (χ4v) is 2.41. The maximum atomic E-state index is 13.5. The number of piperidine rings is 1. The molecule has 1 aliphatic rings. The van der Waals surface area contributed by atoms with Crippen molar-refractivity contribution in [2.24, 2.45) is 5.73 Å². The lowest BCUT2D eigenvalue weighted by molar-refractivity contribution is -0.126. The van der Waals surface area contributed by atoms with E-state index in [-0.39, 0.29) is 17.8 Å². The zero-order chi connectivity index (χ0) is 13.8. The third-order valence-corrected chi connectivity index (χ3v) is 3.71. The third kappa shape index (κ3) is 3.88. The quantitative estimate of drug-likeness (QED) is 0.849. The van der Waals surface area contributed by atoms with Gasteiger partial charge in [-0.1, -0.05) is 15.9 Å². The van der Waals surface area contributed by atoms with Crippen molar-refractivity contribution in [1.82, 2.24) is 4.90 Å². The molecule has 1 aliphatic heterocycles. The maximum Gasteiger partial charge on any atom is 0.246 e. The Morgan fingerprint density at radius 3 is 2.79 bits per heavy atom. The smallest absolute Gasteiger partial charge is 0.246 e. The van der Waals surface area contributed by atoms with E-state index < -0.39 is 0 Å². The summed E-state index contributed by atoms with van der Waals surface area (Å²) in [4.78, 5) is 13.7. The van der Waals surface area contributed by atoms with E-state index in [9.17, 15) is 9.18 Å². The predicted molar refractivity (Wildman–Crippen MR) is 76.9 cm³/mol. The zero-order valence-corrected chi connectivity index (χ0v) is 12.1. The average Bonchev–Trinajstić information content (AvgIpc) is 2.40. The Bertz CT molecular complexity index is 496. The minimum Gasteiger partial charge on any atom is -0.339 e. The molecule has 0 radical (unpaired) electrons. The number of likely N-dealkylation sites (tertiary alicyclic amines) is 1. The Morgan fingerprint density at radius 2 is 2.11 bits per heavy atom. The predicted octanol–water partition coefficient (Wildman–Crippen LogP) is 2.55. The summed E-state index contributed by atoms with van der Waals surface area (Å²) in [5, 5.41) is 0. The maximum absolute atomic E-state index is 13.5. The summed E-state index contributed by atoms with van der Waals surface area (Å²) >= 11 is 3.28. The van der Waals surface area contributed by atoms with Gasteiger partial charge in [0, 0.05) is 35.2 Å². The Labute approximate surface area is 120 Å². The van der Waals surface area contributed by atoms with E-state index in [1.54, 1.807) is 17.0 Å². The van der Waals surface area contributed by atoms with E-state index in [2.05, 4.69) is 15.9 Å². The minimum absolute atomic E-state index is 0.0914. The van der Waals surface area contributed by atoms with E-state index in [1.807, 2.05) is 0 Å². The van der Waals surface area contributed by atoms with Gasteiger partial charge in [0.1, 0.15) is 5.82 Å². The Morgan fingerprint density at radius 1 is 1.42 bits per heavy atom. The van der Waals surface area contributed by atoms with Gasteiger partial charge < -0.3 is 10.6 Å². The summed E-state index contributed by atoms with van der Waals surface area (Å²) < 4.78 is 14.3. The second-order valence-corrected chi connectivity index (χ2v) is 5.58. The van der Waals surface area contributed by atoms with Crippen LogP contribution in [-0.2, 0) is 4.79 Å². The fraction of sp³-hybridized carbons (Fsp3) is 0.357. The first-order chi connectivity index (χ1) is 9.06. The molecule has 19 heavy (non-hydrogen) atoms. The fourth-order valence-electron chi connectivity index (χ4n) is 2.03. The third-order valence-electron chi connectivity index (χ3n) is 3.21. The number of rotatable bonds is 2. The number of hydrogen-bond donors (Lipinski definition) is 1. The molecule has 102 valence electrons. The van der Waals surface area contributed by atoms with E-state index in [4.69, 9.17) is 5.73 Å². The molecule has 1 aromatic carbocycles. The highest BCUT2D eigenvalue weighted by Crippen LogP contribution is 2.17. The van der Waals surface area contributed by atoms with Crippen LogP contribution in [0.3, 0.4) is 0 Å². The number of halogens is 2. The zero-order valence-electron chi connectivity index (χ0n) is 10.5. The van der Waals surface area contributed by atoms with Gasteiger partial charge in [0.25, 0.3) is 0 Å². The van der Waals surface area contributed by atoms with Crippen LogP contribution in [0.1, 0.15) is 18.4 Å². The van der Waals surface area contributed by atoms with Crippen LogP contribution in [0.4, 0.5) is 4.39 Å². The molecule has 0 saturated carbocycles. The van der Waals surface area contributed by atoms with Crippen LogP contribution >= 0.6 is 15.9 Å². The second-order valence-electron chi connectivity index (χ2n) is 4.66. The second kappa shape index (κ2) is 6.30. The molecule has 1 fully saturated rings. The molecule has 2 N–H and O–H groups in total. The lowest BCUT2D eigenvalue weighted by Crippen LogP contribution is -2.42. The molecular formula is C14H16BrFN2O. The number of hydrogen-bond acceptors (Lipinski definition) is 2. The monoisotopic (exact) mass is 326 g/mol. The molecule has 0 atom stereocenters. The molecule has 0 bridgehead atoms. The Kier molecular flexibility index (Phi) is 4.71. The molecule has 0 aliphatic carbocycles. The number of carbonyl (C=O) groups is 1. The largest absolute Gasteiger partial charge is 0.339 e. The van der Waals surface area contributed by atoms with Crippen LogP contribution in [-0.4, -0.2) is 29.9 Å². The van der Waals surface area contributed by atoms with Gasteiger partial charge in [-0.05, 0) is 37.1 Å². The van der Waals surface area contributed by atoms with Crippen LogP contribution in [0, 0.1) is 5.82 Å². The molecule has 1 aromatic rings. The topological polar surface area (TPSA) is 46.3 Å². The van der Waals surface area contributed by atoms with Crippen LogP contribution in [0.5, 0.6) is 0 Å². The molecule has 0 unspecified atom stereocenters. The summed E-state index contributed by atoms with van der Waals surface area (Å²) in [7, 11) is 0. The van der Waals surface area contributed by atoms with Gasteiger partial charge in [-0.2, -0.15) is 0 Å². The van der Waals surface area contributed by atoms with E-state index >= 15 is 0 Å². The van der Waals surface area contributed by atoms with E-state index in [0.29, 0.717) is 18.7 Å².